The zero-order chi connectivity index (χ0) is 11.2. The summed E-state index contributed by atoms with van der Waals surface area (Å²) in [6, 6.07) is 0. The van der Waals surface area contributed by atoms with E-state index in [2.05, 4.69) is 0 Å². The van der Waals surface area contributed by atoms with Crippen LogP contribution in [0.4, 0.5) is 0 Å². The van der Waals surface area contributed by atoms with Crippen molar-refractivity contribution in [3.8, 4) is 0 Å². The number of sulfone groups is 1. The number of hydrogen-bond donors (Lipinski definition) is 0. The quantitative estimate of drug-likeness (QED) is 0.660. The minimum atomic E-state index is -2.90. The Hall–Kier alpha value is 0.530. The first-order chi connectivity index (χ1) is 6.45. The summed E-state index contributed by atoms with van der Waals surface area (Å²) in [5, 5.41) is 0. The second-order valence-electron chi connectivity index (χ2n) is 3.61. The molecule has 14 heavy (non-hydrogen) atoms. The molecule has 0 radical (unpaired) electrons. The Morgan fingerprint density at radius 1 is 1.14 bits per heavy atom. The van der Waals surface area contributed by atoms with Gasteiger partial charge in [0.25, 0.3) is 0 Å². The minimum absolute atomic E-state index is 0.191. The summed E-state index contributed by atoms with van der Waals surface area (Å²) in [5.41, 5.74) is -0.217. The SMILES string of the molecule is CCC(CCl)(CCl)CCS(=O)(=O)CC. The minimum Gasteiger partial charge on any atom is -0.229 e. The van der Waals surface area contributed by atoms with Crippen molar-refractivity contribution in [3.63, 3.8) is 0 Å². The molecule has 0 aromatic carbocycles. The van der Waals surface area contributed by atoms with E-state index in [1.807, 2.05) is 6.92 Å². The smallest absolute Gasteiger partial charge is 0.150 e. The lowest BCUT2D eigenvalue weighted by Crippen LogP contribution is -2.28. The molecule has 0 aromatic rings. The largest absolute Gasteiger partial charge is 0.229 e. The van der Waals surface area contributed by atoms with Gasteiger partial charge in [0, 0.05) is 17.5 Å². The van der Waals surface area contributed by atoms with Crippen molar-refractivity contribution in [2.75, 3.05) is 23.3 Å². The second kappa shape index (κ2) is 6.19. The first-order valence-corrected chi connectivity index (χ1v) is 7.66. The Bertz CT molecular complexity index is 237. The molecule has 0 unspecified atom stereocenters. The van der Waals surface area contributed by atoms with E-state index in [4.69, 9.17) is 23.2 Å². The van der Waals surface area contributed by atoms with Gasteiger partial charge in [-0.15, -0.1) is 23.2 Å². The maximum Gasteiger partial charge on any atom is 0.150 e. The molecule has 5 heteroatoms. The molecule has 86 valence electrons. The van der Waals surface area contributed by atoms with E-state index < -0.39 is 9.84 Å². The van der Waals surface area contributed by atoms with Crippen LogP contribution in [0.25, 0.3) is 0 Å². The van der Waals surface area contributed by atoms with E-state index in [0.29, 0.717) is 18.2 Å². The lowest BCUT2D eigenvalue weighted by Gasteiger charge is -2.27. The average molecular weight is 261 g/mol. The number of halogens is 2. The van der Waals surface area contributed by atoms with Crippen LogP contribution in [0.15, 0.2) is 0 Å². The molecule has 0 aromatic heterocycles. The van der Waals surface area contributed by atoms with E-state index in [1.165, 1.54) is 0 Å². The van der Waals surface area contributed by atoms with Gasteiger partial charge in [0.2, 0.25) is 0 Å². The molecule has 0 aliphatic carbocycles. The van der Waals surface area contributed by atoms with Gasteiger partial charge in [-0.3, -0.25) is 0 Å². The van der Waals surface area contributed by atoms with Crippen LogP contribution < -0.4 is 0 Å². The molecule has 0 N–H and O–H groups in total. The maximum absolute atomic E-state index is 11.3. The van der Waals surface area contributed by atoms with E-state index in [-0.39, 0.29) is 16.9 Å². The Kier molecular flexibility index (Phi) is 6.42. The van der Waals surface area contributed by atoms with Gasteiger partial charge in [-0.1, -0.05) is 13.8 Å². The molecule has 0 heterocycles. The molecule has 0 saturated carbocycles. The maximum atomic E-state index is 11.3. The van der Waals surface area contributed by atoms with Gasteiger partial charge in [-0.25, -0.2) is 8.42 Å². The Morgan fingerprint density at radius 2 is 1.64 bits per heavy atom. The third kappa shape index (κ3) is 4.37. The number of rotatable bonds is 7. The van der Waals surface area contributed by atoms with Gasteiger partial charge >= 0.3 is 0 Å². The summed E-state index contributed by atoms with van der Waals surface area (Å²) in [4.78, 5) is 0. The Labute approximate surface area is 96.9 Å². The third-order valence-corrected chi connectivity index (χ3v) is 5.54. The highest BCUT2D eigenvalue weighted by molar-refractivity contribution is 7.91. The topological polar surface area (TPSA) is 34.1 Å². The fourth-order valence-electron chi connectivity index (χ4n) is 1.05. The molecular weight excluding hydrogens is 243 g/mol. The van der Waals surface area contributed by atoms with Gasteiger partial charge in [-0.2, -0.15) is 0 Å². The molecule has 2 nitrogen and oxygen atoms in total. The summed E-state index contributed by atoms with van der Waals surface area (Å²) in [7, 11) is -2.90. The van der Waals surface area contributed by atoms with Crippen LogP contribution in [0.2, 0.25) is 0 Å². The fourth-order valence-corrected chi connectivity index (χ4v) is 3.02. The normalized spacial score (nSPS) is 13.1. The van der Waals surface area contributed by atoms with Crippen LogP contribution in [0, 0.1) is 5.41 Å². The summed E-state index contributed by atoms with van der Waals surface area (Å²) < 4.78 is 22.6. The first kappa shape index (κ1) is 14.5. The fraction of sp³-hybridized carbons (Fsp3) is 1.00. The summed E-state index contributed by atoms with van der Waals surface area (Å²) >= 11 is 11.6. The highest BCUT2D eigenvalue weighted by Gasteiger charge is 2.27. The number of alkyl halides is 2. The predicted molar refractivity (Wildman–Crippen MR) is 63.1 cm³/mol. The van der Waals surface area contributed by atoms with E-state index in [9.17, 15) is 8.42 Å². The van der Waals surface area contributed by atoms with Crippen LogP contribution in [0.1, 0.15) is 26.7 Å². The van der Waals surface area contributed by atoms with Crippen LogP contribution in [-0.2, 0) is 9.84 Å². The van der Waals surface area contributed by atoms with E-state index in [1.54, 1.807) is 6.92 Å². The summed E-state index contributed by atoms with van der Waals surface area (Å²) in [5.74, 6) is 1.23. The summed E-state index contributed by atoms with van der Waals surface area (Å²) in [6.45, 7) is 3.65. The van der Waals surface area contributed by atoms with Crippen LogP contribution in [0.3, 0.4) is 0 Å². The standard InChI is InChI=1S/C9H18Cl2O2S/c1-3-9(7-10,8-11)5-6-14(12,13)4-2/h3-8H2,1-2H3. The molecule has 0 aliphatic rings. The van der Waals surface area contributed by atoms with Crippen LogP contribution >= 0.6 is 23.2 Å². The lowest BCUT2D eigenvalue weighted by atomic mass is 9.87. The Morgan fingerprint density at radius 3 is 1.93 bits per heavy atom. The van der Waals surface area contributed by atoms with Gasteiger partial charge in [0.15, 0.2) is 0 Å². The zero-order valence-electron chi connectivity index (χ0n) is 8.72. The van der Waals surface area contributed by atoms with Gasteiger partial charge < -0.3 is 0 Å². The van der Waals surface area contributed by atoms with Crippen molar-refractivity contribution < 1.29 is 8.42 Å². The van der Waals surface area contributed by atoms with E-state index in [0.717, 1.165) is 6.42 Å². The highest BCUT2D eigenvalue weighted by atomic mass is 35.5. The van der Waals surface area contributed by atoms with E-state index >= 15 is 0 Å². The molecule has 0 aliphatic heterocycles. The highest BCUT2D eigenvalue weighted by Crippen LogP contribution is 2.30. The molecule has 0 fully saturated rings. The van der Waals surface area contributed by atoms with Gasteiger partial charge in [0.05, 0.1) is 5.75 Å². The molecule has 0 bridgehead atoms. The molecule has 0 amide bonds. The van der Waals surface area contributed by atoms with Crippen molar-refractivity contribution in [2.24, 2.45) is 5.41 Å². The summed E-state index contributed by atoms with van der Waals surface area (Å²) in [6.07, 6.45) is 1.38. The van der Waals surface area contributed by atoms with Gasteiger partial charge in [0.1, 0.15) is 9.84 Å². The van der Waals surface area contributed by atoms with Crippen molar-refractivity contribution in [2.45, 2.75) is 26.7 Å². The number of hydrogen-bond acceptors (Lipinski definition) is 2. The molecule has 0 spiro atoms. The molecule has 0 saturated heterocycles. The second-order valence-corrected chi connectivity index (χ2v) is 6.61. The molecule has 0 atom stereocenters. The molecular formula is C9H18Cl2O2S. The zero-order valence-corrected chi connectivity index (χ0v) is 11.1. The van der Waals surface area contributed by atoms with Crippen LogP contribution in [0.5, 0.6) is 0 Å². The van der Waals surface area contributed by atoms with Crippen molar-refractivity contribution in [1.29, 1.82) is 0 Å². The lowest BCUT2D eigenvalue weighted by molar-refractivity contribution is 0.351. The average Bonchev–Trinajstić information content (AvgIpc) is 2.21. The van der Waals surface area contributed by atoms with Crippen LogP contribution in [-0.4, -0.2) is 31.7 Å². The van der Waals surface area contributed by atoms with Crippen molar-refractivity contribution in [3.05, 3.63) is 0 Å². The predicted octanol–water partition coefficient (Wildman–Crippen LogP) is 2.69. The molecule has 0 rings (SSSR count). The van der Waals surface area contributed by atoms with Gasteiger partial charge in [-0.05, 0) is 18.3 Å². The van der Waals surface area contributed by atoms with Crippen molar-refractivity contribution in [1.82, 2.24) is 0 Å². The monoisotopic (exact) mass is 260 g/mol. The first-order valence-electron chi connectivity index (χ1n) is 4.77. The van der Waals surface area contributed by atoms with Crippen molar-refractivity contribution >= 4 is 33.0 Å². The third-order valence-electron chi connectivity index (χ3n) is 2.70. The Balaban J connectivity index is 4.34.